The summed E-state index contributed by atoms with van der Waals surface area (Å²) in [4.78, 5) is 39.0. The molecule has 1 aliphatic heterocycles. The Morgan fingerprint density at radius 3 is 2.24 bits per heavy atom. The maximum atomic E-state index is 12.6. The number of likely N-dealkylation sites (tertiary alicyclic amines) is 1. The quantitative estimate of drug-likeness (QED) is 0.361. The van der Waals surface area contributed by atoms with Crippen molar-refractivity contribution in [2.24, 2.45) is 5.92 Å². The third-order valence-corrected chi connectivity index (χ3v) is 7.43. The Hall–Kier alpha value is -3.28. The van der Waals surface area contributed by atoms with Crippen LogP contribution in [0.1, 0.15) is 44.0 Å². The van der Waals surface area contributed by atoms with Gasteiger partial charge in [-0.25, -0.2) is 13.1 Å². The van der Waals surface area contributed by atoms with Gasteiger partial charge in [0, 0.05) is 55.7 Å². The molecule has 2 aromatic rings. The average Bonchev–Trinajstić information content (AvgIpc) is 3.27. The highest BCUT2D eigenvalue weighted by Crippen LogP contribution is 2.22. The fraction of sp³-hybridized carbons (Fsp3) is 0.423. The highest BCUT2D eigenvalue weighted by molar-refractivity contribution is 7.89. The van der Waals surface area contributed by atoms with Gasteiger partial charge in [0.15, 0.2) is 0 Å². The fourth-order valence-corrected chi connectivity index (χ4v) is 4.96. The number of hydrogen-bond donors (Lipinski definition) is 3. The van der Waals surface area contributed by atoms with E-state index in [0.717, 1.165) is 0 Å². The van der Waals surface area contributed by atoms with E-state index in [-0.39, 0.29) is 41.6 Å². The van der Waals surface area contributed by atoms with Crippen molar-refractivity contribution in [1.29, 1.82) is 0 Å². The van der Waals surface area contributed by atoms with E-state index in [4.69, 9.17) is 4.74 Å². The molecule has 11 heteroatoms. The van der Waals surface area contributed by atoms with Gasteiger partial charge in [0.05, 0.1) is 10.8 Å². The van der Waals surface area contributed by atoms with Crippen molar-refractivity contribution in [1.82, 2.24) is 9.62 Å². The molecule has 0 aromatic heterocycles. The minimum absolute atomic E-state index is 0.0263. The van der Waals surface area contributed by atoms with Crippen LogP contribution in [0.15, 0.2) is 53.4 Å². The molecule has 1 unspecified atom stereocenters. The summed E-state index contributed by atoms with van der Waals surface area (Å²) in [5, 5.41) is 5.53. The normalized spacial score (nSPS) is 15.7. The van der Waals surface area contributed by atoms with Crippen LogP contribution >= 0.6 is 0 Å². The predicted octanol–water partition coefficient (Wildman–Crippen LogP) is 2.84. The smallest absolute Gasteiger partial charge is 0.255 e. The van der Waals surface area contributed by atoms with E-state index in [0.29, 0.717) is 43.1 Å². The van der Waals surface area contributed by atoms with Gasteiger partial charge in [0.1, 0.15) is 0 Å². The minimum Gasteiger partial charge on any atom is -0.382 e. The molecule has 2 aromatic carbocycles. The van der Waals surface area contributed by atoms with Crippen LogP contribution in [-0.2, 0) is 24.3 Å². The summed E-state index contributed by atoms with van der Waals surface area (Å²) in [5.41, 5.74) is 1.34. The van der Waals surface area contributed by atoms with E-state index in [9.17, 15) is 22.8 Å². The molecule has 0 aliphatic carbocycles. The van der Waals surface area contributed by atoms with Crippen LogP contribution < -0.4 is 15.4 Å². The first kappa shape index (κ1) is 28.3. The van der Waals surface area contributed by atoms with E-state index in [1.807, 2.05) is 20.8 Å². The van der Waals surface area contributed by atoms with E-state index < -0.39 is 15.9 Å². The van der Waals surface area contributed by atoms with Crippen molar-refractivity contribution in [3.63, 3.8) is 0 Å². The zero-order chi connectivity index (χ0) is 27.0. The van der Waals surface area contributed by atoms with Crippen LogP contribution in [0, 0.1) is 5.92 Å². The number of carbonyl (C=O) groups is 3. The first-order valence-corrected chi connectivity index (χ1v) is 13.8. The van der Waals surface area contributed by atoms with E-state index in [1.165, 1.54) is 24.3 Å². The third-order valence-electron chi connectivity index (χ3n) is 5.95. The number of carbonyl (C=O) groups excluding carboxylic acids is 3. The molecule has 37 heavy (non-hydrogen) atoms. The number of amides is 3. The summed E-state index contributed by atoms with van der Waals surface area (Å²) in [5.74, 6) is -1.04. The van der Waals surface area contributed by atoms with Crippen molar-refractivity contribution in [3.05, 3.63) is 54.1 Å². The maximum Gasteiger partial charge on any atom is 0.255 e. The first-order chi connectivity index (χ1) is 17.6. The van der Waals surface area contributed by atoms with Gasteiger partial charge in [-0.15, -0.1) is 0 Å². The van der Waals surface area contributed by atoms with E-state index in [2.05, 4.69) is 15.4 Å². The summed E-state index contributed by atoms with van der Waals surface area (Å²) >= 11 is 0. The Kier molecular flexibility index (Phi) is 9.79. The molecule has 1 atom stereocenters. The van der Waals surface area contributed by atoms with Crippen LogP contribution in [0.25, 0.3) is 0 Å². The van der Waals surface area contributed by atoms with Crippen LogP contribution in [0.2, 0.25) is 0 Å². The van der Waals surface area contributed by atoms with Crippen LogP contribution in [0.3, 0.4) is 0 Å². The minimum atomic E-state index is -3.65. The molecule has 1 saturated heterocycles. The fourth-order valence-electron chi connectivity index (χ4n) is 3.88. The van der Waals surface area contributed by atoms with Crippen molar-refractivity contribution < 1.29 is 27.5 Å². The summed E-state index contributed by atoms with van der Waals surface area (Å²) in [6.07, 6.45) is 0.759. The number of sulfonamides is 1. The number of benzene rings is 2. The molecule has 0 saturated carbocycles. The Labute approximate surface area is 217 Å². The lowest BCUT2D eigenvalue weighted by atomic mass is 10.1. The number of hydrogen-bond acceptors (Lipinski definition) is 6. The van der Waals surface area contributed by atoms with Gasteiger partial charge < -0.3 is 20.3 Å². The number of rotatable bonds is 12. The Morgan fingerprint density at radius 1 is 1.03 bits per heavy atom. The van der Waals surface area contributed by atoms with Crippen molar-refractivity contribution >= 4 is 39.1 Å². The van der Waals surface area contributed by atoms with Crippen LogP contribution in [-0.4, -0.2) is 63.4 Å². The summed E-state index contributed by atoms with van der Waals surface area (Å²) in [7, 11) is -3.65. The van der Waals surface area contributed by atoms with Crippen molar-refractivity contribution in [3.8, 4) is 0 Å². The molecular formula is C26H34N4O6S. The monoisotopic (exact) mass is 530 g/mol. The first-order valence-electron chi connectivity index (χ1n) is 12.3. The van der Waals surface area contributed by atoms with Crippen molar-refractivity contribution in [2.45, 2.75) is 44.6 Å². The molecule has 0 radical (unpaired) electrons. The summed E-state index contributed by atoms with van der Waals surface area (Å²) in [6.45, 7) is 7.45. The molecule has 3 N–H and O–H groups in total. The van der Waals surface area contributed by atoms with Crippen molar-refractivity contribution in [2.75, 3.05) is 36.9 Å². The molecule has 10 nitrogen and oxygen atoms in total. The Balaban J connectivity index is 1.52. The van der Waals surface area contributed by atoms with Gasteiger partial charge in [-0.1, -0.05) is 0 Å². The maximum absolute atomic E-state index is 12.6. The Morgan fingerprint density at radius 2 is 1.65 bits per heavy atom. The zero-order valence-corrected chi connectivity index (χ0v) is 22.1. The van der Waals surface area contributed by atoms with Gasteiger partial charge in [0.25, 0.3) is 5.91 Å². The lowest BCUT2D eigenvalue weighted by Gasteiger charge is -2.20. The molecular weight excluding hydrogens is 496 g/mol. The molecule has 3 rings (SSSR count). The lowest BCUT2D eigenvalue weighted by Crippen LogP contribution is -2.33. The van der Waals surface area contributed by atoms with Gasteiger partial charge in [-0.2, -0.15) is 0 Å². The van der Waals surface area contributed by atoms with Gasteiger partial charge in [0.2, 0.25) is 21.8 Å². The van der Waals surface area contributed by atoms with Gasteiger partial charge in [-0.05, 0) is 75.7 Å². The topological polar surface area (TPSA) is 134 Å². The number of nitrogens with one attached hydrogen (secondary N) is 3. The zero-order valence-electron chi connectivity index (χ0n) is 21.3. The van der Waals surface area contributed by atoms with Gasteiger partial charge >= 0.3 is 0 Å². The predicted molar refractivity (Wildman–Crippen MR) is 141 cm³/mol. The third kappa shape index (κ3) is 7.85. The molecule has 1 heterocycles. The van der Waals surface area contributed by atoms with E-state index in [1.54, 1.807) is 29.2 Å². The lowest BCUT2D eigenvalue weighted by molar-refractivity contribution is -0.129. The van der Waals surface area contributed by atoms with Gasteiger partial charge in [-0.3, -0.25) is 14.4 Å². The second-order valence-corrected chi connectivity index (χ2v) is 10.8. The highest BCUT2D eigenvalue weighted by atomic mass is 32.2. The Bertz CT molecular complexity index is 1200. The second kappa shape index (κ2) is 12.8. The summed E-state index contributed by atoms with van der Waals surface area (Å²) in [6, 6.07) is 12.3. The standard InChI is InChI=1S/C26H34N4O6S/c1-4-36-15-5-14-27-37(34,35)23-12-10-22(11-13-23)28-25(32)19-6-8-21(9-7-19)29-26(33)20-16-24(31)30(17-20)18(2)3/h6-13,18,20,27H,4-5,14-17H2,1-3H3,(H,28,32)(H,29,33). The number of nitrogens with zero attached hydrogens (tertiary/aromatic N) is 1. The van der Waals surface area contributed by atoms with Crippen LogP contribution in [0.5, 0.6) is 0 Å². The molecule has 1 aliphatic rings. The number of ether oxygens (including phenoxy) is 1. The molecule has 0 spiro atoms. The summed E-state index contributed by atoms with van der Waals surface area (Å²) < 4.78 is 32.5. The largest absolute Gasteiger partial charge is 0.382 e. The van der Waals surface area contributed by atoms with E-state index >= 15 is 0 Å². The highest BCUT2D eigenvalue weighted by Gasteiger charge is 2.35. The molecule has 3 amide bonds. The van der Waals surface area contributed by atoms with Crippen LogP contribution in [0.4, 0.5) is 11.4 Å². The molecule has 200 valence electrons. The second-order valence-electron chi connectivity index (χ2n) is 9.03. The molecule has 0 bridgehead atoms. The SMILES string of the molecule is CCOCCCNS(=O)(=O)c1ccc(NC(=O)c2ccc(NC(=O)C3CC(=O)N(C(C)C)C3)cc2)cc1. The molecule has 1 fully saturated rings. The average molecular weight is 531 g/mol. The number of anilines is 2.